The number of amides is 1. The van der Waals surface area contributed by atoms with Crippen molar-refractivity contribution in [1.82, 2.24) is 9.97 Å². The molecule has 3 N–H and O–H groups in total. The molecule has 8 nitrogen and oxygen atoms in total. The second-order valence-electron chi connectivity index (χ2n) is 6.70. The molecule has 1 amide bonds. The topological polar surface area (TPSA) is 97.4 Å². The number of anilines is 5. The molecule has 1 heterocycles. The fourth-order valence-corrected chi connectivity index (χ4v) is 3.39. The van der Waals surface area contributed by atoms with Crippen LogP contribution in [-0.4, -0.2) is 36.2 Å². The number of ether oxygens (including phenoxy) is 2. The van der Waals surface area contributed by atoms with Crippen molar-refractivity contribution in [2.75, 3.05) is 36.3 Å². The zero-order valence-corrected chi connectivity index (χ0v) is 20.1. The summed E-state index contributed by atoms with van der Waals surface area (Å²) in [6, 6.07) is 12.6. The highest BCUT2D eigenvalue weighted by Gasteiger charge is 2.11. The molecule has 3 rings (SSSR count). The van der Waals surface area contributed by atoms with E-state index in [1.54, 1.807) is 31.4 Å². The van der Waals surface area contributed by atoms with Gasteiger partial charge in [0.1, 0.15) is 12.4 Å². The summed E-state index contributed by atoms with van der Waals surface area (Å²) in [5, 5.41) is 8.75. The molecule has 0 aliphatic rings. The third-order valence-electron chi connectivity index (χ3n) is 4.37. The summed E-state index contributed by atoms with van der Waals surface area (Å²) in [7, 11) is 1.61. The predicted molar refractivity (Wildman–Crippen MR) is 135 cm³/mol. The fourth-order valence-electron chi connectivity index (χ4n) is 2.73. The zero-order valence-electron chi connectivity index (χ0n) is 17.9. The van der Waals surface area contributed by atoms with Gasteiger partial charge in [0, 0.05) is 28.6 Å². The van der Waals surface area contributed by atoms with Gasteiger partial charge in [0.2, 0.25) is 11.9 Å². The average molecular weight is 563 g/mol. The fraction of sp³-hybridized carbons (Fsp3) is 0.174. The van der Waals surface area contributed by atoms with E-state index in [0.29, 0.717) is 40.5 Å². The molecule has 0 radical (unpaired) electrons. The van der Waals surface area contributed by atoms with Crippen LogP contribution < -0.4 is 20.7 Å². The Labute approximate surface area is 204 Å². The zero-order chi connectivity index (χ0) is 23.6. The Balaban J connectivity index is 1.76. The molecule has 0 aliphatic heterocycles. The number of carbonyl (C=O) groups excluding carboxylic acids is 1. The van der Waals surface area contributed by atoms with Gasteiger partial charge < -0.3 is 25.4 Å². The number of carbonyl (C=O) groups is 1. The number of nitrogens with zero attached hydrogens (tertiary/aromatic N) is 2. The highest BCUT2D eigenvalue weighted by Crippen LogP contribution is 2.28. The number of aromatic nitrogens is 2. The largest absolute Gasteiger partial charge is 0.491 e. The van der Waals surface area contributed by atoms with Crippen molar-refractivity contribution in [3.05, 3.63) is 72.7 Å². The van der Waals surface area contributed by atoms with Crippen molar-refractivity contribution < 1.29 is 18.7 Å². The normalized spacial score (nSPS) is 10.4. The summed E-state index contributed by atoms with van der Waals surface area (Å²) in [6.45, 7) is 4.40. The second-order valence-corrected chi connectivity index (χ2v) is 7.47. The SMILES string of the molecule is C=CC(=O)Nc1ccc(CI)c(Nc2nc(Nc3ccc(OCCOC)cc3)ncc2F)c1. The molecule has 0 bridgehead atoms. The lowest BCUT2D eigenvalue weighted by molar-refractivity contribution is -0.111. The lowest BCUT2D eigenvalue weighted by atomic mass is 10.1. The summed E-state index contributed by atoms with van der Waals surface area (Å²) in [6.07, 6.45) is 2.27. The van der Waals surface area contributed by atoms with Crippen LogP contribution in [0.4, 0.5) is 33.2 Å². The van der Waals surface area contributed by atoms with E-state index in [4.69, 9.17) is 9.47 Å². The molecule has 0 fully saturated rings. The molecule has 0 unspecified atom stereocenters. The lowest BCUT2D eigenvalue weighted by Gasteiger charge is -2.14. The van der Waals surface area contributed by atoms with Crippen LogP contribution in [0.25, 0.3) is 0 Å². The predicted octanol–water partition coefficient (Wildman–Crippen LogP) is 5.19. The summed E-state index contributed by atoms with van der Waals surface area (Å²) < 4.78 is 25.6. The van der Waals surface area contributed by atoms with Gasteiger partial charge in [-0.2, -0.15) is 4.98 Å². The van der Waals surface area contributed by atoms with Gasteiger partial charge >= 0.3 is 0 Å². The maximum atomic E-state index is 14.5. The number of hydrogen-bond acceptors (Lipinski definition) is 7. The molecular formula is C23H23FIN5O3. The minimum absolute atomic E-state index is 0.00492. The van der Waals surface area contributed by atoms with Gasteiger partial charge in [-0.15, -0.1) is 0 Å². The Hall–Kier alpha value is -3.25. The summed E-state index contributed by atoms with van der Waals surface area (Å²) in [5.41, 5.74) is 2.81. The van der Waals surface area contributed by atoms with Crippen LogP contribution in [0.5, 0.6) is 5.75 Å². The number of alkyl halides is 1. The van der Waals surface area contributed by atoms with E-state index >= 15 is 0 Å². The van der Waals surface area contributed by atoms with E-state index in [1.807, 2.05) is 18.2 Å². The van der Waals surface area contributed by atoms with Crippen molar-refractivity contribution in [3.8, 4) is 5.75 Å². The monoisotopic (exact) mass is 563 g/mol. The van der Waals surface area contributed by atoms with Crippen LogP contribution in [0.3, 0.4) is 0 Å². The van der Waals surface area contributed by atoms with E-state index in [9.17, 15) is 9.18 Å². The first-order valence-electron chi connectivity index (χ1n) is 9.93. The Kier molecular flexibility index (Phi) is 8.95. The maximum Gasteiger partial charge on any atom is 0.247 e. The molecule has 172 valence electrons. The summed E-state index contributed by atoms with van der Waals surface area (Å²) in [5.74, 6) is -0.0143. The van der Waals surface area contributed by atoms with Crippen molar-refractivity contribution in [2.24, 2.45) is 0 Å². The molecule has 3 aromatic rings. The third kappa shape index (κ3) is 7.12. The summed E-state index contributed by atoms with van der Waals surface area (Å²) >= 11 is 2.21. The van der Waals surface area contributed by atoms with E-state index < -0.39 is 5.82 Å². The first kappa shape index (κ1) is 24.4. The summed E-state index contributed by atoms with van der Waals surface area (Å²) in [4.78, 5) is 19.9. The van der Waals surface area contributed by atoms with Crippen molar-refractivity contribution >= 4 is 57.3 Å². The number of methoxy groups -OCH3 is 1. The van der Waals surface area contributed by atoms with Gasteiger partial charge in [0.25, 0.3) is 0 Å². The number of nitrogens with one attached hydrogen (secondary N) is 3. The Morgan fingerprint density at radius 3 is 2.61 bits per heavy atom. The van der Waals surface area contributed by atoms with Crippen LogP contribution in [0.1, 0.15) is 5.56 Å². The van der Waals surface area contributed by atoms with Crippen LogP contribution in [0, 0.1) is 5.82 Å². The van der Waals surface area contributed by atoms with Gasteiger partial charge in [0.05, 0.1) is 12.8 Å². The molecule has 0 spiro atoms. The Morgan fingerprint density at radius 1 is 1.15 bits per heavy atom. The van der Waals surface area contributed by atoms with E-state index in [2.05, 4.69) is 55.1 Å². The van der Waals surface area contributed by atoms with Crippen molar-refractivity contribution in [3.63, 3.8) is 0 Å². The second kappa shape index (κ2) is 12.1. The van der Waals surface area contributed by atoms with Crippen molar-refractivity contribution in [2.45, 2.75) is 4.43 Å². The number of hydrogen-bond donors (Lipinski definition) is 3. The molecule has 0 saturated carbocycles. The molecule has 10 heteroatoms. The first-order chi connectivity index (χ1) is 16.0. The van der Waals surface area contributed by atoms with Crippen LogP contribution in [-0.2, 0) is 14.0 Å². The highest BCUT2D eigenvalue weighted by atomic mass is 127. The smallest absolute Gasteiger partial charge is 0.247 e. The standard InChI is InChI=1S/C23H23FIN5O3/c1-3-21(31)27-17-5-4-15(13-25)20(12-17)29-22-19(24)14-26-23(30-22)28-16-6-8-18(9-7-16)33-11-10-32-2/h3-9,12,14H,1,10-11,13H2,2H3,(H,27,31)(H2,26,28,29,30). The molecule has 33 heavy (non-hydrogen) atoms. The Morgan fingerprint density at radius 2 is 1.91 bits per heavy atom. The minimum Gasteiger partial charge on any atom is -0.491 e. The molecule has 0 saturated heterocycles. The van der Waals surface area contributed by atoms with E-state index in [1.165, 1.54) is 6.08 Å². The third-order valence-corrected chi connectivity index (χ3v) is 5.19. The van der Waals surface area contributed by atoms with Crippen LogP contribution in [0.15, 0.2) is 61.3 Å². The van der Waals surface area contributed by atoms with Gasteiger partial charge in [0.15, 0.2) is 11.6 Å². The van der Waals surface area contributed by atoms with Gasteiger partial charge in [-0.1, -0.05) is 35.2 Å². The molecule has 2 aromatic carbocycles. The number of halogens is 2. The molecule has 0 atom stereocenters. The lowest BCUT2D eigenvalue weighted by Crippen LogP contribution is -2.08. The van der Waals surface area contributed by atoms with Gasteiger partial charge in [-0.25, -0.2) is 9.37 Å². The Bertz CT molecular complexity index is 1110. The van der Waals surface area contributed by atoms with Gasteiger partial charge in [-0.05, 0) is 48.0 Å². The van der Waals surface area contributed by atoms with Crippen molar-refractivity contribution in [1.29, 1.82) is 0 Å². The van der Waals surface area contributed by atoms with Crippen LogP contribution in [0.2, 0.25) is 0 Å². The first-order valence-corrected chi connectivity index (χ1v) is 11.5. The van der Waals surface area contributed by atoms with Crippen LogP contribution >= 0.6 is 22.6 Å². The van der Waals surface area contributed by atoms with E-state index in [0.717, 1.165) is 11.8 Å². The maximum absolute atomic E-state index is 14.5. The molecule has 1 aromatic heterocycles. The minimum atomic E-state index is -0.609. The van der Waals surface area contributed by atoms with E-state index in [-0.39, 0.29) is 17.7 Å². The highest BCUT2D eigenvalue weighted by molar-refractivity contribution is 14.1. The average Bonchev–Trinajstić information content (AvgIpc) is 2.82. The molecular weight excluding hydrogens is 540 g/mol. The quantitative estimate of drug-likeness (QED) is 0.128. The molecule has 0 aliphatic carbocycles. The number of rotatable bonds is 11. The number of benzene rings is 2. The van der Waals surface area contributed by atoms with Gasteiger partial charge in [-0.3, -0.25) is 4.79 Å².